The van der Waals surface area contributed by atoms with Crippen LogP contribution in [0, 0.1) is 0 Å². The first-order chi connectivity index (χ1) is 9.71. The van der Waals surface area contributed by atoms with Crippen LogP contribution in [0.4, 0.5) is 9.59 Å². The maximum Gasteiger partial charge on any atom is 0.410 e. The van der Waals surface area contributed by atoms with Crippen LogP contribution in [0.3, 0.4) is 0 Å². The molecule has 2 heterocycles. The van der Waals surface area contributed by atoms with Crippen LogP contribution < -0.4 is 0 Å². The summed E-state index contributed by atoms with van der Waals surface area (Å²) >= 11 is 0. The Hall–Kier alpha value is -1.50. The summed E-state index contributed by atoms with van der Waals surface area (Å²) in [5.74, 6) is 0. The molecule has 2 saturated heterocycles. The highest BCUT2D eigenvalue weighted by Gasteiger charge is 2.42. The Balaban J connectivity index is 1.90. The molecular weight excluding hydrogens is 276 g/mol. The van der Waals surface area contributed by atoms with Gasteiger partial charge in [-0.15, -0.1) is 0 Å². The van der Waals surface area contributed by atoms with Crippen molar-refractivity contribution in [2.45, 2.75) is 44.8 Å². The second kappa shape index (κ2) is 5.71. The molecule has 2 rings (SSSR count). The lowest BCUT2D eigenvalue weighted by Gasteiger charge is -2.46. The number of amides is 2. The van der Waals surface area contributed by atoms with Gasteiger partial charge < -0.3 is 24.4 Å². The molecule has 0 bridgehead atoms. The highest BCUT2D eigenvalue weighted by Crippen LogP contribution is 2.30. The second-order valence-corrected chi connectivity index (χ2v) is 6.70. The molecule has 1 spiro atoms. The molecule has 2 aliphatic rings. The van der Waals surface area contributed by atoms with Crippen LogP contribution in [0.1, 0.15) is 33.6 Å². The number of likely N-dealkylation sites (tertiary alicyclic amines) is 1. The summed E-state index contributed by atoms with van der Waals surface area (Å²) in [6.07, 6.45) is 0.0435. The minimum absolute atomic E-state index is 0.316. The van der Waals surface area contributed by atoms with Crippen molar-refractivity contribution < 1.29 is 24.2 Å². The molecule has 2 fully saturated rings. The zero-order valence-corrected chi connectivity index (χ0v) is 12.9. The van der Waals surface area contributed by atoms with Gasteiger partial charge in [-0.25, -0.2) is 9.59 Å². The highest BCUT2D eigenvalue weighted by molar-refractivity contribution is 5.68. The van der Waals surface area contributed by atoms with Crippen molar-refractivity contribution in [3.63, 3.8) is 0 Å². The number of ether oxygens (including phenoxy) is 2. The molecule has 21 heavy (non-hydrogen) atoms. The number of morpholine rings is 1. The molecule has 0 atom stereocenters. The number of nitrogens with zero attached hydrogens (tertiary/aromatic N) is 2. The summed E-state index contributed by atoms with van der Waals surface area (Å²) in [7, 11) is 0. The average molecular weight is 300 g/mol. The van der Waals surface area contributed by atoms with Crippen LogP contribution >= 0.6 is 0 Å². The summed E-state index contributed by atoms with van der Waals surface area (Å²) in [6.45, 7) is 7.78. The van der Waals surface area contributed by atoms with Crippen molar-refractivity contribution in [3.05, 3.63) is 0 Å². The monoisotopic (exact) mass is 300 g/mol. The largest absolute Gasteiger partial charge is 0.465 e. The lowest BCUT2D eigenvalue weighted by molar-refractivity contribution is -0.128. The zero-order valence-electron chi connectivity index (χ0n) is 12.9. The molecule has 7 nitrogen and oxygen atoms in total. The van der Waals surface area contributed by atoms with Crippen molar-refractivity contribution in [1.29, 1.82) is 0 Å². The van der Waals surface area contributed by atoms with E-state index in [0.29, 0.717) is 45.6 Å². The lowest BCUT2D eigenvalue weighted by atomic mass is 9.89. The molecular formula is C14H24N2O5. The van der Waals surface area contributed by atoms with Crippen molar-refractivity contribution >= 4 is 12.2 Å². The number of carbonyl (C=O) groups excluding carboxylic acids is 1. The van der Waals surface area contributed by atoms with E-state index in [1.165, 1.54) is 4.90 Å². The molecule has 0 saturated carbocycles. The molecule has 7 heteroatoms. The van der Waals surface area contributed by atoms with E-state index in [4.69, 9.17) is 14.6 Å². The molecule has 0 aromatic rings. The first-order valence-corrected chi connectivity index (χ1v) is 7.31. The zero-order chi connectivity index (χ0) is 15.7. The molecule has 0 aliphatic carbocycles. The first kappa shape index (κ1) is 15.9. The second-order valence-electron chi connectivity index (χ2n) is 6.70. The first-order valence-electron chi connectivity index (χ1n) is 7.31. The summed E-state index contributed by atoms with van der Waals surface area (Å²) in [6, 6.07) is 0. The van der Waals surface area contributed by atoms with Crippen LogP contribution in [0.15, 0.2) is 0 Å². The van der Waals surface area contributed by atoms with Gasteiger partial charge in [0.2, 0.25) is 0 Å². The van der Waals surface area contributed by atoms with Crippen molar-refractivity contribution in [2.24, 2.45) is 0 Å². The molecule has 2 aliphatic heterocycles. The molecule has 0 radical (unpaired) electrons. The lowest BCUT2D eigenvalue weighted by Crippen LogP contribution is -2.58. The van der Waals surface area contributed by atoms with Gasteiger partial charge in [-0.2, -0.15) is 0 Å². The molecule has 0 aromatic carbocycles. The Morgan fingerprint density at radius 3 is 2.29 bits per heavy atom. The number of hydrogen-bond acceptors (Lipinski definition) is 4. The number of carbonyl (C=O) groups is 2. The predicted molar refractivity (Wildman–Crippen MR) is 75.3 cm³/mol. The Morgan fingerprint density at radius 1 is 1.14 bits per heavy atom. The van der Waals surface area contributed by atoms with E-state index in [1.807, 2.05) is 20.8 Å². The topological polar surface area (TPSA) is 79.3 Å². The summed E-state index contributed by atoms with van der Waals surface area (Å²) in [4.78, 5) is 26.2. The Labute approximate surface area is 124 Å². The highest BCUT2D eigenvalue weighted by atomic mass is 16.6. The van der Waals surface area contributed by atoms with Crippen LogP contribution in [-0.4, -0.2) is 71.1 Å². The van der Waals surface area contributed by atoms with E-state index in [-0.39, 0.29) is 6.09 Å². The Morgan fingerprint density at radius 2 is 1.76 bits per heavy atom. The van der Waals surface area contributed by atoms with Crippen LogP contribution in [0.5, 0.6) is 0 Å². The Bertz CT molecular complexity index is 410. The third-order valence-corrected chi connectivity index (χ3v) is 3.85. The van der Waals surface area contributed by atoms with Gasteiger partial charge in [0.1, 0.15) is 5.60 Å². The Kier molecular flexibility index (Phi) is 4.32. The summed E-state index contributed by atoms with van der Waals surface area (Å²) in [5, 5.41) is 9.11. The van der Waals surface area contributed by atoms with Crippen LogP contribution in [0.25, 0.3) is 0 Å². The van der Waals surface area contributed by atoms with E-state index in [0.717, 1.165) is 0 Å². The van der Waals surface area contributed by atoms with E-state index in [9.17, 15) is 9.59 Å². The minimum Gasteiger partial charge on any atom is -0.465 e. The van der Waals surface area contributed by atoms with Gasteiger partial charge in [0, 0.05) is 19.6 Å². The van der Waals surface area contributed by atoms with Gasteiger partial charge in [0.05, 0.1) is 18.8 Å². The van der Waals surface area contributed by atoms with Gasteiger partial charge in [-0.05, 0) is 33.6 Å². The maximum atomic E-state index is 12.0. The van der Waals surface area contributed by atoms with Crippen LogP contribution in [-0.2, 0) is 9.47 Å². The average Bonchev–Trinajstić information content (AvgIpc) is 2.37. The van der Waals surface area contributed by atoms with E-state index >= 15 is 0 Å². The smallest absolute Gasteiger partial charge is 0.410 e. The fourth-order valence-electron chi connectivity index (χ4n) is 2.73. The number of carboxylic acid groups (broad SMARTS) is 1. The van der Waals surface area contributed by atoms with Gasteiger partial charge in [-0.1, -0.05) is 0 Å². The van der Waals surface area contributed by atoms with Gasteiger partial charge >= 0.3 is 12.2 Å². The minimum atomic E-state index is -0.910. The fraction of sp³-hybridized carbons (Fsp3) is 0.857. The van der Waals surface area contributed by atoms with Gasteiger partial charge in [0.15, 0.2) is 0 Å². The number of piperidine rings is 1. The number of rotatable bonds is 0. The SMILES string of the molecule is CC(C)(C)OC(=O)N1CCC2(CC1)CN(C(=O)O)CCO2. The molecule has 120 valence electrons. The van der Waals surface area contributed by atoms with E-state index < -0.39 is 17.3 Å². The predicted octanol–water partition coefficient (Wildman–Crippen LogP) is 1.77. The molecule has 0 aromatic heterocycles. The third kappa shape index (κ3) is 4.00. The molecule has 1 N–H and O–H groups in total. The number of hydrogen-bond donors (Lipinski definition) is 1. The van der Waals surface area contributed by atoms with E-state index in [2.05, 4.69) is 0 Å². The summed E-state index contributed by atoms with van der Waals surface area (Å²) in [5.41, 5.74) is -0.956. The molecule has 2 amide bonds. The quantitative estimate of drug-likeness (QED) is 0.737. The van der Waals surface area contributed by atoms with Crippen molar-refractivity contribution in [3.8, 4) is 0 Å². The van der Waals surface area contributed by atoms with E-state index in [1.54, 1.807) is 4.90 Å². The van der Waals surface area contributed by atoms with Gasteiger partial charge in [-0.3, -0.25) is 0 Å². The third-order valence-electron chi connectivity index (χ3n) is 3.85. The maximum absolute atomic E-state index is 12.0. The summed E-state index contributed by atoms with van der Waals surface area (Å²) < 4.78 is 11.2. The normalized spacial score (nSPS) is 22.2. The van der Waals surface area contributed by atoms with Crippen LogP contribution in [0.2, 0.25) is 0 Å². The van der Waals surface area contributed by atoms with Gasteiger partial charge in [0.25, 0.3) is 0 Å². The molecule has 0 unspecified atom stereocenters. The standard InChI is InChI=1S/C14H24N2O5/c1-13(2,3)21-12(19)15-6-4-14(5-7-15)10-16(11(17)18)8-9-20-14/h4-10H2,1-3H3,(H,17,18). The van der Waals surface area contributed by atoms with Crippen molar-refractivity contribution in [2.75, 3.05) is 32.8 Å². The fourth-order valence-corrected chi connectivity index (χ4v) is 2.73. The van der Waals surface area contributed by atoms with Crippen molar-refractivity contribution in [1.82, 2.24) is 9.80 Å².